The maximum Gasteiger partial charge on any atom is 0.470 e. The van der Waals surface area contributed by atoms with Crippen LogP contribution in [-0.4, -0.2) is 15.4 Å². The standard InChI is InChI=1S/C16H35O4P/c1-9-11(3)13(5)15(7)16(8,20-21(17,18)19)14(6)12(4)10-2/h11-15H,9-10H2,1-8H3,(H2,17,18,19). The van der Waals surface area contributed by atoms with Gasteiger partial charge in [0.15, 0.2) is 0 Å². The molecule has 128 valence electrons. The van der Waals surface area contributed by atoms with Crippen molar-refractivity contribution in [1.29, 1.82) is 0 Å². The van der Waals surface area contributed by atoms with Crippen LogP contribution < -0.4 is 0 Å². The van der Waals surface area contributed by atoms with E-state index < -0.39 is 13.4 Å². The van der Waals surface area contributed by atoms with Crippen LogP contribution in [0.4, 0.5) is 0 Å². The third kappa shape index (κ3) is 5.67. The van der Waals surface area contributed by atoms with Crippen molar-refractivity contribution in [1.82, 2.24) is 0 Å². The summed E-state index contributed by atoms with van der Waals surface area (Å²) < 4.78 is 16.9. The molecule has 0 aromatic carbocycles. The first-order chi connectivity index (χ1) is 9.40. The molecule has 0 saturated heterocycles. The van der Waals surface area contributed by atoms with Crippen molar-refractivity contribution in [3.05, 3.63) is 0 Å². The molecule has 6 atom stereocenters. The zero-order valence-corrected chi connectivity index (χ0v) is 15.9. The van der Waals surface area contributed by atoms with E-state index in [0.717, 1.165) is 12.8 Å². The Morgan fingerprint density at radius 3 is 1.71 bits per heavy atom. The molecule has 0 spiro atoms. The van der Waals surface area contributed by atoms with Crippen molar-refractivity contribution in [3.8, 4) is 0 Å². The van der Waals surface area contributed by atoms with Crippen molar-refractivity contribution in [2.75, 3.05) is 0 Å². The van der Waals surface area contributed by atoms with Crippen molar-refractivity contribution < 1.29 is 18.9 Å². The summed E-state index contributed by atoms with van der Waals surface area (Å²) in [5.74, 6) is 1.29. The second kappa shape index (κ2) is 8.10. The molecule has 21 heavy (non-hydrogen) atoms. The number of phosphoric acid groups is 1. The largest absolute Gasteiger partial charge is 0.470 e. The third-order valence-corrected chi connectivity index (χ3v) is 6.58. The van der Waals surface area contributed by atoms with E-state index in [1.807, 2.05) is 13.8 Å². The molecule has 0 aliphatic heterocycles. The smallest absolute Gasteiger partial charge is 0.303 e. The summed E-state index contributed by atoms with van der Waals surface area (Å²) in [4.78, 5) is 18.7. The average molecular weight is 322 g/mol. The molecule has 5 heteroatoms. The summed E-state index contributed by atoms with van der Waals surface area (Å²) in [6.07, 6.45) is 2.01. The Kier molecular flexibility index (Phi) is 8.14. The van der Waals surface area contributed by atoms with E-state index in [9.17, 15) is 14.4 Å². The van der Waals surface area contributed by atoms with Gasteiger partial charge in [-0.25, -0.2) is 4.57 Å². The Hall–Kier alpha value is 0.110. The van der Waals surface area contributed by atoms with Crippen LogP contribution in [0.15, 0.2) is 0 Å². The monoisotopic (exact) mass is 322 g/mol. The molecule has 4 nitrogen and oxygen atoms in total. The lowest BCUT2D eigenvalue weighted by Gasteiger charge is -2.46. The van der Waals surface area contributed by atoms with Gasteiger partial charge >= 0.3 is 7.82 Å². The molecule has 0 radical (unpaired) electrons. The van der Waals surface area contributed by atoms with E-state index >= 15 is 0 Å². The van der Waals surface area contributed by atoms with E-state index in [1.54, 1.807) is 0 Å². The molecule has 0 amide bonds. The van der Waals surface area contributed by atoms with E-state index in [-0.39, 0.29) is 11.8 Å². The van der Waals surface area contributed by atoms with Gasteiger partial charge in [-0.15, -0.1) is 0 Å². The van der Waals surface area contributed by atoms with E-state index in [2.05, 4.69) is 41.5 Å². The van der Waals surface area contributed by atoms with Gasteiger partial charge in [-0.1, -0.05) is 61.3 Å². The molecule has 0 fully saturated rings. The van der Waals surface area contributed by atoms with Crippen molar-refractivity contribution in [2.45, 2.75) is 73.8 Å². The Bertz CT molecular complexity index is 354. The molecule has 0 saturated carbocycles. The molecular weight excluding hydrogens is 287 g/mol. The van der Waals surface area contributed by atoms with E-state index in [1.165, 1.54) is 0 Å². The van der Waals surface area contributed by atoms with Crippen molar-refractivity contribution in [2.24, 2.45) is 29.6 Å². The highest BCUT2D eigenvalue weighted by atomic mass is 31.2. The molecule has 0 rings (SSSR count). The van der Waals surface area contributed by atoms with Crippen molar-refractivity contribution in [3.63, 3.8) is 0 Å². The number of phosphoric ester groups is 1. The minimum absolute atomic E-state index is 0.0593. The Morgan fingerprint density at radius 2 is 1.38 bits per heavy atom. The quantitative estimate of drug-likeness (QED) is 0.595. The summed E-state index contributed by atoms with van der Waals surface area (Å²) in [5, 5.41) is 0. The van der Waals surface area contributed by atoms with Crippen LogP contribution >= 0.6 is 7.82 Å². The zero-order valence-electron chi connectivity index (χ0n) is 15.0. The lowest BCUT2D eigenvalue weighted by atomic mass is 9.67. The minimum Gasteiger partial charge on any atom is -0.303 e. The predicted octanol–water partition coefficient (Wildman–Crippen LogP) is 4.85. The van der Waals surface area contributed by atoms with Gasteiger partial charge in [0, 0.05) is 0 Å². The van der Waals surface area contributed by atoms with Crippen LogP contribution in [-0.2, 0) is 9.09 Å². The summed E-state index contributed by atoms with van der Waals surface area (Å²) in [6, 6.07) is 0. The highest BCUT2D eigenvalue weighted by Gasteiger charge is 2.46. The Balaban J connectivity index is 5.54. The van der Waals surface area contributed by atoms with Crippen LogP contribution in [0.3, 0.4) is 0 Å². The predicted molar refractivity (Wildman–Crippen MR) is 87.9 cm³/mol. The summed E-state index contributed by atoms with van der Waals surface area (Å²) in [6.45, 7) is 16.7. The molecule has 0 bridgehead atoms. The molecule has 6 unspecified atom stereocenters. The first-order valence-electron chi connectivity index (χ1n) is 8.16. The van der Waals surface area contributed by atoms with Gasteiger partial charge in [-0.2, -0.15) is 0 Å². The first kappa shape index (κ1) is 21.1. The van der Waals surface area contributed by atoms with Gasteiger partial charge < -0.3 is 9.79 Å². The van der Waals surface area contributed by atoms with Crippen molar-refractivity contribution >= 4 is 7.82 Å². The van der Waals surface area contributed by atoms with Gasteiger partial charge in [-0.05, 0) is 36.5 Å². The Labute approximate surface area is 130 Å². The second-order valence-electron chi connectivity index (χ2n) is 6.97. The molecule has 0 heterocycles. The fraction of sp³-hybridized carbons (Fsp3) is 1.00. The molecule has 0 aromatic rings. The lowest BCUT2D eigenvalue weighted by molar-refractivity contribution is -0.0768. The van der Waals surface area contributed by atoms with Crippen LogP contribution in [0.2, 0.25) is 0 Å². The molecule has 0 aliphatic carbocycles. The number of rotatable bonds is 9. The third-order valence-electron chi connectivity index (χ3n) is 5.95. The van der Waals surface area contributed by atoms with Gasteiger partial charge in [-0.3, -0.25) is 4.52 Å². The van der Waals surface area contributed by atoms with Crippen LogP contribution in [0.1, 0.15) is 68.2 Å². The van der Waals surface area contributed by atoms with Crippen LogP contribution in [0.25, 0.3) is 0 Å². The van der Waals surface area contributed by atoms with E-state index in [0.29, 0.717) is 17.8 Å². The number of hydrogen-bond donors (Lipinski definition) is 2. The summed E-state index contributed by atoms with van der Waals surface area (Å²) >= 11 is 0. The van der Waals surface area contributed by atoms with Gasteiger partial charge in [0.25, 0.3) is 0 Å². The topological polar surface area (TPSA) is 66.8 Å². The van der Waals surface area contributed by atoms with Gasteiger partial charge in [0.05, 0.1) is 5.60 Å². The zero-order chi connectivity index (χ0) is 17.0. The fourth-order valence-corrected chi connectivity index (χ4v) is 3.99. The van der Waals surface area contributed by atoms with Crippen LogP contribution in [0.5, 0.6) is 0 Å². The molecule has 2 N–H and O–H groups in total. The summed E-state index contributed by atoms with van der Waals surface area (Å²) in [5.41, 5.74) is -0.836. The lowest BCUT2D eigenvalue weighted by Crippen LogP contribution is -2.47. The van der Waals surface area contributed by atoms with Gasteiger partial charge in [0.1, 0.15) is 0 Å². The molecular formula is C16H35O4P. The molecule has 0 aliphatic rings. The fourth-order valence-electron chi connectivity index (χ4n) is 3.14. The minimum atomic E-state index is -4.52. The highest BCUT2D eigenvalue weighted by Crippen LogP contribution is 2.51. The second-order valence-corrected chi connectivity index (χ2v) is 8.14. The van der Waals surface area contributed by atoms with E-state index in [4.69, 9.17) is 4.52 Å². The van der Waals surface area contributed by atoms with Gasteiger partial charge in [0.2, 0.25) is 0 Å². The highest BCUT2D eigenvalue weighted by molar-refractivity contribution is 7.46. The first-order valence-corrected chi connectivity index (χ1v) is 9.69. The average Bonchev–Trinajstić information content (AvgIpc) is 2.40. The maximum absolute atomic E-state index is 11.5. The molecule has 0 aromatic heterocycles. The maximum atomic E-state index is 11.5. The van der Waals surface area contributed by atoms with Crippen LogP contribution in [0, 0.1) is 29.6 Å². The normalized spacial score (nSPS) is 23.0. The number of hydrogen-bond acceptors (Lipinski definition) is 2. The SMILES string of the molecule is CCC(C)C(C)C(C)C(C)(OP(=O)(O)O)C(C)C(C)CC. The summed E-state index contributed by atoms with van der Waals surface area (Å²) in [7, 11) is -4.52. The Morgan fingerprint density at radius 1 is 0.952 bits per heavy atom.